The Morgan fingerprint density at radius 3 is 2.48 bits per heavy atom. The second kappa shape index (κ2) is 7.97. The molecule has 0 spiro atoms. The summed E-state index contributed by atoms with van der Waals surface area (Å²) in [6.45, 7) is 11.7. The minimum atomic E-state index is -0.502. The number of piperidine rings is 1. The Balaban J connectivity index is 1.76. The SMILES string of the molecule is CCN(C(=O)OC(C)(C)C)C1CCN(c2ccc(C(N)=O)c3oc(C)cc23)CC1. The van der Waals surface area contributed by atoms with E-state index >= 15 is 0 Å². The van der Waals surface area contributed by atoms with Crippen molar-refractivity contribution >= 4 is 28.7 Å². The van der Waals surface area contributed by atoms with Gasteiger partial charge >= 0.3 is 6.09 Å². The van der Waals surface area contributed by atoms with E-state index in [1.807, 2.05) is 51.7 Å². The molecule has 3 rings (SSSR count). The molecule has 7 nitrogen and oxygen atoms in total. The van der Waals surface area contributed by atoms with E-state index in [0.29, 0.717) is 17.7 Å². The highest BCUT2D eigenvalue weighted by Crippen LogP contribution is 2.34. The van der Waals surface area contributed by atoms with E-state index < -0.39 is 11.5 Å². The molecule has 0 bridgehead atoms. The monoisotopic (exact) mass is 401 g/mol. The molecule has 1 fully saturated rings. The predicted octanol–water partition coefficient (Wildman–Crippen LogP) is 4.07. The van der Waals surface area contributed by atoms with E-state index in [-0.39, 0.29) is 12.1 Å². The fourth-order valence-corrected chi connectivity index (χ4v) is 3.98. The largest absolute Gasteiger partial charge is 0.460 e. The number of carbonyl (C=O) groups excluding carboxylic acids is 2. The van der Waals surface area contributed by atoms with Gasteiger partial charge in [0.15, 0.2) is 0 Å². The van der Waals surface area contributed by atoms with Gasteiger partial charge < -0.3 is 24.7 Å². The molecule has 0 unspecified atom stereocenters. The fraction of sp³-hybridized carbons (Fsp3) is 0.545. The van der Waals surface area contributed by atoms with E-state index in [2.05, 4.69) is 4.90 Å². The number of amides is 2. The molecule has 1 aromatic heterocycles. The lowest BCUT2D eigenvalue weighted by Gasteiger charge is -2.39. The smallest absolute Gasteiger partial charge is 0.410 e. The van der Waals surface area contributed by atoms with Crippen LogP contribution in [0.5, 0.6) is 0 Å². The lowest BCUT2D eigenvalue weighted by atomic mass is 10.0. The Kier molecular flexibility index (Phi) is 5.78. The zero-order chi connectivity index (χ0) is 21.3. The lowest BCUT2D eigenvalue weighted by molar-refractivity contribution is 0.0149. The number of rotatable bonds is 4. The quantitative estimate of drug-likeness (QED) is 0.834. The first kappa shape index (κ1) is 21.0. The molecular weight excluding hydrogens is 370 g/mol. The molecule has 2 amide bonds. The summed E-state index contributed by atoms with van der Waals surface area (Å²) in [6.07, 6.45) is 1.45. The third kappa shape index (κ3) is 4.49. The van der Waals surface area contributed by atoms with Gasteiger partial charge in [0.1, 0.15) is 16.9 Å². The average molecular weight is 402 g/mol. The molecule has 2 heterocycles. The predicted molar refractivity (Wildman–Crippen MR) is 113 cm³/mol. The first-order valence-electron chi connectivity index (χ1n) is 10.2. The maximum atomic E-state index is 12.6. The number of aryl methyl sites for hydroxylation is 1. The second-order valence-electron chi connectivity index (χ2n) is 8.58. The van der Waals surface area contributed by atoms with Crippen molar-refractivity contribution in [3.63, 3.8) is 0 Å². The molecule has 1 saturated heterocycles. The maximum absolute atomic E-state index is 12.6. The third-order valence-corrected chi connectivity index (χ3v) is 5.26. The summed E-state index contributed by atoms with van der Waals surface area (Å²) >= 11 is 0. The summed E-state index contributed by atoms with van der Waals surface area (Å²) in [5.41, 5.74) is 6.96. The minimum Gasteiger partial charge on any atom is -0.460 e. The molecule has 7 heteroatoms. The number of hydrogen-bond acceptors (Lipinski definition) is 5. The van der Waals surface area contributed by atoms with E-state index in [0.717, 1.165) is 42.8 Å². The highest BCUT2D eigenvalue weighted by atomic mass is 16.6. The van der Waals surface area contributed by atoms with Gasteiger partial charge in [-0.05, 0) is 65.7 Å². The number of fused-ring (bicyclic) bond motifs is 1. The normalized spacial score (nSPS) is 15.6. The zero-order valence-electron chi connectivity index (χ0n) is 17.9. The van der Waals surface area contributed by atoms with Crippen LogP contribution in [-0.4, -0.2) is 48.2 Å². The second-order valence-corrected chi connectivity index (χ2v) is 8.58. The number of benzene rings is 1. The van der Waals surface area contributed by atoms with Crippen LogP contribution in [-0.2, 0) is 4.74 Å². The van der Waals surface area contributed by atoms with Crippen LogP contribution in [0.15, 0.2) is 22.6 Å². The number of anilines is 1. The molecule has 158 valence electrons. The number of ether oxygens (including phenoxy) is 1. The fourth-order valence-electron chi connectivity index (χ4n) is 3.98. The van der Waals surface area contributed by atoms with Crippen LogP contribution in [0.4, 0.5) is 10.5 Å². The van der Waals surface area contributed by atoms with Crippen LogP contribution in [0.1, 0.15) is 56.7 Å². The Hall–Kier alpha value is -2.70. The van der Waals surface area contributed by atoms with Gasteiger partial charge in [-0.15, -0.1) is 0 Å². The lowest BCUT2D eigenvalue weighted by Crippen LogP contribution is -2.48. The summed E-state index contributed by atoms with van der Waals surface area (Å²) in [7, 11) is 0. The third-order valence-electron chi connectivity index (χ3n) is 5.26. The number of nitrogens with zero attached hydrogens (tertiary/aromatic N) is 2. The highest BCUT2D eigenvalue weighted by Gasteiger charge is 2.31. The van der Waals surface area contributed by atoms with Crippen LogP contribution in [0.25, 0.3) is 11.0 Å². The van der Waals surface area contributed by atoms with Crippen LogP contribution >= 0.6 is 0 Å². The molecule has 1 aliphatic heterocycles. The van der Waals surface area contributed by atoms with Crippen molar-refractivity contribution in [3.8, 4) is 0 Å². The van der Waals surface area contributed by atoms with Crippen molar-refractivity contribution in [1.82, 2.24) is 4.90 Å². The van der Waals surface area contributed by atoms with Crippen molar-refractivity contribution in [2.45, 2.75) is 59.1 Å². The first-order chi connectivity index (χ1) is 13.6. The number of furan rings is 1. The summed E-state index contributed by atoms with van der Waals surface area (Å²) in [4.78, 5) is 28.4. The summed E-state index contributed by atoms with van der Waals surface area (Å²) < 4.78 is 11.3. The standard InChI is InChI=1S/C22H31N3O4/c1-6-25(21(27)29-22(3,4)5)15-9-11-24(12-10-15)18-8-7-16(20(23)26)19-17(18)13-14(2)28-19/h7-8,13,15H,6,9-12H2,1-5H3,(H2,23,26). The van der Waals surface area contributed by atoms with Gasteiger partial charge in [0.05, 0.1) is 5.56 Å². The van der Waals surface area contributed by atoms with Crippen LogP contribution in [0.2, 0.25) is 0 Å². The number of primary amides is 1. The number of nitrogens with two attached hydrogens (primary N) is 1. The van der Waals surface area contributed by atoms with Crippen molar-refractivity contribution in [1.29, 1.82) is 0 Å². The molecule has 0 aliphatic carbocycles. The zero-order valence-corrected chi connectivity index (χ0v) is 17.9. The molecule has 1 aliphatic rings. The molecule has 1 aromatic carbocycles. The van der Waals surface area contributed by atoms with Gasteiger partial charge in [-0.25, -0.2) is 4.79 Å². The Morgan fingerprint density at radius 1 is 1.28 bits per heavy atom. The minimum absolute atomic E-state index is 0.151. The van der Waals surface area contributed by atoms with Crippen molar-refractivity contribution in [3.05, 3.63) is 29.5 Å². The van der Waals surface area contributed by atoms with E-state index in [4.69, 9.17) is 14.9 Å². The maximum Gasteiger partial charge on any atom is 0.410 e. The molecule has 29 heavy (non-hydrogen) atoms. The van der Waals surface area contributed by atoms with Crippen LogP contribution in [0.3, 0.4) is 0 Å². The van der Waals surface area contributed by atoms with Crippen LogP contribution < -0.4 is 10.6 Å². The van der Waals surface area contributed by atoms with E-state index in [1.165, 1.54) is 0 Å². The Bertz CT molecular complexity index is 905. The van der Waals surface area contributed by atoms with Gasteiger partial charge in [-0.1, -0.05) is 0 Å². The molecular formula is C22H31N3O4. The Morgan fingerprint density at radius 2 is 1.93 bits per heavy atom. The van der Waals surface area contributed by atoms with Crippen molar-refractivity contribution in [2.75, 3.05) is 24.5 Å². The van der Waals surface area contributed by atoms with E-state index in [9.17, 15) is 9.59 Å². The number of hydrogen-bond donors (Lipinski definition) is 1. The number of carbonyl (C=O) groups is 2. The average Bonchev–Trinajstić information content (AvgIpc) is 3.01. The molecule has 0 saturated carbocycles. The van der Waals surface area contributed by atoms with Crippen molar-refractivity contribution in [2.24, 2.45) is 5.73 Å². The highest BCUT2D eigenvalue weighted by molar-refractivity contribution is 6.07. The summed E-state index contributed by atoms with van der Waals surface area (Å²) in [5, 5.41) is 0.900. The van der Waals surface area contributed by atoms with Crippen LogP contribution in [0, 0.1) is 6.92 Å². The molecule has 0 radical (unpaired) electrons. The molecule has 2 N–H and O–H groups in total. The van der Waals surface area contributed by atoms with Gasteiger partial charge in [0.25, 0.3) is 5.91 Å². The van der Waals surface area contributed by atoms with Gasteiger partial charge in [0.2, 0.25) is 0 Å². The van der Waals surface area contributed by atoms with E-state index in [1.54, 1.807) is 6.07 Å². The molecule has 0 atom stereocenters. The Labute approximate surface area is 171 Å². The topological polar surface area (TPSA) is 89.0 Å². The summed E-state index contributed by atoms with van der Waals surface area (Å²) in [5.74, 6) is 0.248. The van der Waals surface area contributed by atoms with Crippen molar-refractivity contribution < 1.29 is 18.7 Å². The summed E-state index contributed by atoms with van der Waals surface area (Å²) in [6, 6.07) is 5.76. The first-order valence-corrected chi connectivity index (χ1v) is 10.2. The molecule has 2 aromatic rings. The van der Waals surface area contributed by atoms with Gasteiger partial charge in [0, 0.05) is 36.7 Å². The van der Waals surface area contributed by atoms with Gasteiger partial charge in [-0.2, -0.15) is 0 Å². The van der Waals surface area contributed by atoms with Gasteiger partial charge in [-0.3, -0.25) is 4.79 Å².